The highest BCUT2D eigenvalue weighted by Crippen LogP contribution is 2.08. The van der Waals surface area contributed by atoms with Gasteiger partial charge in [-0.05, 0) is 27.8 Å². The van der Waals surface area contributed by atoms with Crippen LogP contribution in [0.25, 0.3) is 0 Å². The second-order valence-corrected chi connectivity index (χ2v) is 8.13. The van der Waals surface area contributed by atoms with E-state index in [0.29, 0.717) is 85.8 Å². The monoisotopic (exact) mass is 514 g/mol. The lowest BCUT2D eigenvalue weighted by molar-refractivity contribution is 0.000902. The molecule has 0 bridgehead atoms. The number of aliphatic hydroxyl groups is 2. The van der Waals surface area contributed by atoms with Gasteiger partial charge in [-0.3, -0.25) is 0 Å². The Morgan fingerprint density at radius 2 is 1.06 bits per heavy atom. The number of rotatable bonds is 22. The topological polar surface area (TPSA) is 137 Å². The molecule has 0 aromatic heterocycles. The number of nitrogens with zero attached hydrogens (tertiary/aromatic N) is 1. The van der Waals surface area contributed by atoms with Crippen LogP contribution in [0.5, 0.6) is 0 Å². The van der Waals surface area contributed by atoms with E-state index in [0.717, 1.165) is 6.54 Å². The standard InChI is InChI=1S/C14H29NO6.C9H21NO4/c1-14(2,3)21-13(17)15(4)5-7-18-9-11-20-12-10-19-8-6-16;1-10-2-4-12-6-8-14-9-7-13-5-3-11/h16H,5-12H2,1-4H3;10-11H,2-9H2,1H3. The Kier molecular flexibility index (Phi) is 28.3. The molecule has 1 amide bonds. The van der Waals surface area contributed by atoms with Crippen molar-refractivity contribution in [2.24, 2.45) is 0 Å². The average Bonchev–Trinajstić information content (AvgIpc) is 2.80. The largest absolute Gasteiger partial charge is 0.444 e. The van der Waals surface area contributed by atoms with E-state index in [1.54, 1.807) is 7.05 Å². The first-order chi connectivity index (χ1) is 16.8. The summed E-state index contributed by atoms with van der Waals surface area (Å²) in [6, 6.07) is 0. The molecule has 0 aliphatic carbocycles. The van der Waals surface area contributed by atoms with Crippen LogP contribution >= 0.6 is 0 Å². The fourth-order valence-corrected chi connectivity index (χ4v) is 2.02. The molecule has 0 aliphatic heterocycles. The fourth-order valence-electron chi connectivity index (χ4n) is 2.02. The van der Waals surface area contributed by atoms with Gasteiger partial charge in [0.15, 0.2) is 0 Å². The Labute approximate surface area is 211 Å². The smallest absolute Gasteiger partial charge is 0.410 e. The van der Waals surface area contributed by atoms with Gasteiger partial charge in [-0.15, -0.1) is 0 Å². The van der Waals surface area contributed by atoms with Crippen LogP contribution in [-0.4, -0.2) is 146 Å². The van der Waals surface area contributed by atoms with E-state index in [9.17, 15) is 4.79 Å². The van der Waals surface area contributed by atoms with Crippen molar-refractivity contribution in [1.29, 1.82) is 0 Å². The molecule has 12 heteroatoms. The molecule has 0 atom stereocenters. The third kappa shape index (κ3) is 32.9. The summed E-state index contributed by atoms with van der Waals surface area (Å²) in [5, 5.41) is 19.9. The summed E-state index contributed by atoms with van der Waals surface area (Å²) in [6.07, 6.45) is -0.358. The Morgan fingerprint density at radius 3 is 1.43 bits per heavy atom. The van der Waals surface area contributed by atoms with Gasteiger partial charge in [-0.25, -0.2) is 4.79 Å². The maximum atomic E-state index is 11.6. The summed E-state index contributed by atoms with van der Waals surface area (Å²) in [7, 11) is 3.56. The highest BCUT2D eigenvalue weighted by Gasteiger charge is 2.19. The zero-order chi connectivity index (χ0) is 26.6. The summed E-state index contributed by atoms with van der Waals surface area (Å²) in [5.41, 5.74) is -0.488. The Bertz CT molecular complexity index is 427. The molecular formula is C23H50N2O10. The van der Waals surface area contributed by atoms with E-state index < -0.39 is 5.60 Å². The zero-order valence-electron chi connectivity index (χ0n) is 22.4. The maximum absolute atomic E-state index is 11.6. The van der Waals surface area contributed by atoms with E-state index in [-0.39, 0.29) is 19.3 Å². The SMILES string of the molecule is CN(CCOCCOCCOCCO)C(=O)OC(C)(C)C.CNCCOCCOCCOCCO. The van der Waals surface area contributed by atoms with Crippen molar-refractivity contribution in [1.82, 2.24) is 10.2 Å². The third-order valence-corrected chi connectivity index (χ3v) is 3.73. The summed E-state index contributed by atoms with van der Waals surface area (Å²) in [4.78, 5) is 13.1. The predicted molar refractivity (Wildman–Crippen MR) is 132 cm³/mol. The number of amides is 1. The molecule has 3 N–H and O–H groups in total. The maximum Gasteiger partial charge on any atom is 0.410 e. The van der Waals surface area contributed by atoms with Crippen molar-refractivity contribution in [3.05, 3.63) is 0 Å². The fraction of sp³-hybridized carbons (Fsp3) is 0.957. The van der Waals surface area contributed by atoms with Crippen molar-refractivity contribution >= 4 is 6.09 Å². The van der Waals surface area contributed by atoms with Crippen molar-refractivity contribution < 1.29 is 48.2 Å². The molecule has 0 saturated heterocycles. The molecule has 0 aliphatic rings. The van der Waals surface area contributed by atoms with Gasteiger partial charge < -0.3 is 53.6 Å². The summed E-state index contributed by atoms with van der Waals surface area (Å²) < 4.78 is 36.3. The number of hydrogen-bond donors (Lipinski definition) is 3. The van der Waals surface area contributed by atoms with Crippen LogP contribution in [-0.2, 0) is 33.2 Å². The molecule has 0 unspecified atom stereocenters. The lowest BCUT2D eigenvalue weighted by atomic mass is 10.2. The molecule has 35 heavy (non-hydrogen) atoms. The van der Waals surface area contributed by atoms with Crippen molar-refractivity contribution in [2.75, 3.05) is 120 Å². The first-order valence-electron chi connectivity index (χ1n) is 12.0. The number of likely N-dealkylation sites (N-methyl/N-ethyl adjacent to an activating group) is 2. The van der Waals surface area contributed by atoms with Crippen LogP contribution < -0.4 is 5.32 Å². The van der Waals surface area contributed by atoms with Gasteiger partial charge in [-0.1, -0.05) is 0 Å². The molecule has 212 valence electrons. The number of aliphatic hydroxyl groups excluding tert-OH is 2. The normalized spacial score (nSPS) is 11.2. The van der Waals surface area contributed by atoms with Gasteiger partial charge in [-0.2, -0.15) is 0 Å². The zero-order valence-corrected chi connectivity index (χ0v) is 22.4. The molecule has 0 rings (SSSR count). The first kappa shape index (κ1) is 36.1. The molecule has 0 fully saturated rings. The van der Waals surface area contributed by atoms with E-state index in [1.165, 1.54) is 4.90 Å². The van der Waals surface area contributed by atoms with E-state index >= 15 is 0 Å². The number of ether oxygens (including phenoxy) is 7. The molecule has 0 aromatic carbocycles. The number of carbonyl (C=O) groups is 1. The summed E-state index contributed by atoms with van der Waals surface area (Å²) >= 11 is 0. The minimum atomic E-state index is -0.488. The van der Waals surface area contributed by atoms with Crippen LogP contribution in [0.3, 0.4) is 0 Å². The minimum absolute atomic E-state index is 0.0221. The van der Waals surface area contributed by atoms with Gasteiger partial charge in [0.2, 0.25) is 0 Å². The molecule has 0 radical (unpaired) electrons. The van der Waals surface area contributed by atoms with Gasteiger partial charge in [0.05, 0.1) is 92.5 Å². The highest BCUT2D eigenvalue weighted by atomic mass is 16.6. The van der Waals surface area contributed by atoms with Crippen molar-refractivity contribution in [2.45, 2.75) is 26.4 Å². The lowest BCUT2D eigenvalue weighted by Gasteiger charge is -2.24. The van der Waals surface area contributed by atoms with Crippen LogP contribution in [0.4, 0.5) is 4.79 Å². The van der Waals surface area contributed by atoms with Gasteiger partial charge in [0.25, 0.3) is 0 Å². The molecular weight excluding hydrogens is 464 g/mol. The number of carbonyl (C=O) groups excluding carboxylic acids is 1. The number of nitrogens with one attached hydrogen (secondary N) is 1. The third-order valence-electron chi connectivity index (χ3n) is 3.73. The highest BCUT2D eigenvalue weighted by molar-refractivity contribution is 5.67. The molecule has 0 aromatic rings. The van der Waals surface area contributed by atoms with Crippen LogP contribution in [0, 0.1) is 0 Å². The van der Waals surface area contributed by atoms with E-state index in [1.807, 2.05) is 27.8 Å². The van der Waals surface area contributed by atoms with Crippen LogP contribution in [0.15, 0.2) is 0 Å². The van der Waals surface area contributed by atoms with Crippen molar-refractivity contribution in [3.63, 3.8) is 0 Å². The van der Waals surface area contributed by atoms with E-state index in [4.69, 9.17) is 43.4 Å². The number of hydrogen-bond acceptors (Lipinski definition) is 11. The average molecular weight is 515 g/mol. The second-order valence-electron chi connectivity index (χ2n) is 8.13. The summed E-state index contributed by atoms with van der Waals surface area (Å²) in [5.74, 6) is 0. The molecule has 0 saturated carbocycles. The Morgan fingerprint density at radius 1 is 0.686 bits per heavy atom. The molecule has 0 spiro atoms. The van der Waals surface area contributed by atoms with E-state index in [2.05, 4.69) is 5.32 Å². The van der Waals surface area contributed by atoms with Crippen molar-refractivity contribution in [3.8, 4) is 0 Å². The minimum Gasteiger partial charge on any atom is -0.444 e. The predicted octanol–water partition coefficient (Wildman–Crippen LogP) is 0.143. The quantitative estimate of drug-likeness (QED) is 0.170. The van der Waals surface area contributed by atoms with Gasteiger partial charge in [0, 0.05) is 20.1 Å². The summed E-state index contributed by atoms with van der Waals surface area (Å²) in [6.45, 7) is 12.9. The van der Waals surface area contributed by atoms with Gasteiger partial charge in [0.1, 0.15) is 5.60 Å². The van der Waals surface area contributed by atoms with Gasteiger partial charge >= 0.3 is 6.09 Å². The van der Waals surface area contributed by atoms with Crippen LogP contribution in [0.1, 0.15) is 20.8 Å². The van der Waals surface area contributed by atoms with Crippen LogP contribution in [0.2, 0.25) is 0 Å². The molecule has 12 nitrogen and oxygen atoms in total. The first-order valence-corrected chi connectivity index (χ1v) is 12.0. The lowest BCUT2D eigenvalue weighted by Crippen LogP contribution is -2.36. The second kappa shape index (κ2) is 27.5. The Hall–Kier alpha value is -1.09. The molecule has 0 heterocycles. The Balaban J connectivity index is 0.